The summed E-state index contributed by atoms with van der Waals surface area (Å²) in [5.74, 6) is 1.24. The van der Waals surface area contributed by atoms with E-state index >= 15 is 0 Å². The highest BCUT2D eigenvalue weighted by molar-refractivity contribution is 6.32. The van der Waals surface area contributed by atoms with E-state index in [1.807, 2.05) is 37.3 Å². The number of methoxy groups -OCH3 is 2. The SMILES string of the molecule is COc1cc(N/C=C2/C(=O)Nc3cccc(C)c32)cc(OC)c1. The van der Waals surface area contributed by atoms with Gasteiger partial charge in [-0.15, -0.1) is 0 Å². The van der Waals surface area contributed by atoms with Gasteiger partial charge in [-0.2, -0.15) is 0 Å². The predicted molar refractivity (Wildman–Crippen MR) is 91.0 cm³/mol. The van der Waals surface area contributed by atoms with Crippen LogP contribution in [0.25, 0.3) is 5.57 Å². The van der Waals surface area contributed by atoms with Crippen LogP contribution in [-0.2, 0) is 4.79 Å². The molecule has 0 aliphatic carbocycles. The normalized spacial score (nSPS) is 14.4. The van der Waals surface area contributed by atoms with Crippen LogP contribution in [0, 0.1) is 6.92 Å². The first kappa shape index (κ1) is 15.0. The second kappa shape index (κ2) is 6.04. The summed E-state index contributed by atoms with van der Waals surface area (Å²) in [4.78, 5) is 12.2. The fraction of sp³-hybridized carbons (Fsp3) is 0.167. The van der Waals surface area contributed by atoms with Gasteiger partial charge in [-0.1, -0.05) is 12.1 Å². The Morgan fingerprint density at radius 1 is 1.09 bits per heavy atom. The van der Waals surface area contributed by atoms with Crippen molar-refractivity contribution < 1.29 is 14.3 Å². The third-order valence-corrected chi connectivity index (χ3v) is 3.77. The van der Waals surface area contributed by atoms with Gasteiger partial charge in [-0.05, 0) is 18.6 Å². The van der Waals surface area contributed by atoms with Crippen molar-refractivity contribution in [3.8, 4) is 11.5 Å². The van der Waals surface area contributed by atoms with E-state index in [9.17, 15) is 4.79 Å². The Hall–Kier alpha value is -2.95. The zero-order valence-corrected chi connectivity index (χ0v) is 13.3. The number of hydrogen-bond donors (Lipinski definition) is 2. The van der Waals surface area contributed by atoms with Crippen molar-refractivity contribution in [1.82, 2.24) is 0 Å². The number of aryl methyl sites for hydroxylation is 1. The standard InChI is InChI=1S/C18H18N2O3/c1-11-5-4-6-16-17(11)15(18(21)20-16)10-19-12-7-13(22-2)9-14(8-12)23-3/h4-10,19H,1-3H3,(H,20,21)/b15-10+. The molecule has 0 saturated heterocycles. The van der Waals surface area contributed by atoms with Crippen molar-refractivity contribution >= 4 is 22.9 Å². The molecule has 0 atom stereocenters. The molecule has 0 radical (unpaired) electrons. The molecule has 2 aromatic rings. The highest BCUT2D eigenvalue weighted by Crippen LogP contribution is 2.34. The van der Waals surface area contributed by atoms with Crippen LogP contribution in [0.1, 0.15) is 11.1 Å². The van der Waals surface area contributed by atoms with Crippen LogP contribution in [0.5, 0.6) is 11.5 Å². The Morgan fingerprint density at radius 3 is 2.43 bits per heavy atom. The lowest BCUT2D eigenvalue weighted by atomic mass is 10.0. The van der Waals surface area contributed by atoms with E-state index in [1.54, 1.807) is 26.5 Å². The molecular weight excluding hydrogens is 292 g/mol. The largest absolute Gasteiger partial charge is 0.497 e. The smallest absolute Gasteiger partial charge is 0.257 e. The number of carbonyl (C=O) groups is 1. The number of fused-ring (bicyclic) bond motifs is 1. The van der Waals surface area contributed by atoms with E-state index in [2.05, 4.69) is 10.6 Å². The first-order chi connectivity index (χ1) is 11.1. The molecule has 1 amide bonds. The molecule has 118 valence electrons. The average molecular weight is 310 g/mol. The fourth-order valence-electron chi connectivity index (χ4n) is 2.62. The molecule has 3 rings (SSSR count). The highest BCUT2D eigenvalue weighted by Gasteiger charge is 2.25. The summed E-state index contributed by atoms with van der Waals surface area (Å²) in [5.41, 5.74) is 4.21. The molecule has 0 bridgehead atoms. The Morgan fingerprint density at radius 2 is 1.78 bits per heavy atom. The summed E-state index contributed by atoms with van der Waals surface area (Å²) in [5, 5.41) is 6.02. The van der Waals surface area contributed by atoms with Crippen LogP contribution in [0.3, 0.4) is 0 Å². The number of nitrogens with one attached hydrogen (secondary N) is 2. The van der Waals surface area contributed by atoms with Gasteiger partial charge in [0.05, 0.1) is 19.8 Å². The molecule has 5 heteroatoms. The molecule has 2 aromatic carbocycles. The van der Waals surface area contributed by atoms with Gasteiger partial charge in [0.1, 0.15) is 11.5 Å². The van der Waals surface area contributed by atoms with Gasteiger partial charge in [-0.25, -0.2) is 0 Å². The minimum atomic E-state index is -0.114. The Balaban J connectivity index is 1.94. The van der Waals surface area contributed by atoms with E-state index in [-0.39, 0.29) is 5.91 Å². The summed E-state index contributed by atoms with van der Waals surface area (Å²) in [6.45, 7) is 1.99. The second-order valence-corrected chi connectivity index (χ2v) is 5.26. The van der Waals surface area contributed by atoms with E-state index < -0.39 is 0 Å². The lowest BCUT2D eigenvalue weighted by Crippen LogP contribution is -2.05. The maximum absolute atomic E-state index is 12.2. The van der Waals surface area contributed by atoms with E-state index in [0.717, 1.165) is 22.5 Å². The van der Waals surface area contributed by atoms with Crippen molar-refractivity contribution in [2.24, 2.45) is 0 Å². The predicted octanol–water partition coefficient (Wildman–Crippen LogP) is 3.42. The zero-order valence-electron chi connectivity index (χ0n) is 13.3. The second-order valence-electron chi connectivity index (χ2n) is 5.26. The third kappa shape index (κ3) is 2.85. The summed E-state index contributed by atoms with van der Waals surface area (Å²) in [6, 6.07) is 11.3. The summed E-state index contributed by atoms with van der Waals surface area (Å²) in [7, 11) is 3.20. The van der Waals surface area contributed by atoms with Gasteiger partial charge in [-0.3, -0.25) is 4.79 Å². The van der Waals surface area contributed by atoms with Crippen molar-refractivity contribution in [2.75, 3.05) is 24.9 Å². The first-order valence-electron chi connectivity index (χ1n) is 7.23. The molecule has 1 aliphatic heterocycles. The van der Waals surface area contributed by atoms with Crippen LogP contribution in [0.2, 0.25) is 0 Å². The average Bonchev–Trinajstić information content (AvgIpc) is 2.89. The Labute approximate surface area is 134 Å². The first-order valence-corrected chi connectivity index (χ1v) is 7.23. The summed E-state index contributed by atoms with van der Waals surface area (Å²) in [6.07, 6.45) is 1.71. The number of carbonyl (C=O) groups excluding carboxylic acids is 1. The third-order valence-electron chi connectivity index (χ3n) is 3.77. The molecule has 1 aliphatic rings. The molecule has 0 saturated carbocycles. The molecular formula is C18H18N2O3. The van der Waals surface area contributed by atoms with Crippen LogP contribution in [-0.4, -0.2) is 20.1 Å². The minimum absolute atomic E-state index is 0.114. The topological polar surface area (TPSA) is 59.6 Å². The van der Waals surface area contributed by atoms with Crippen LogP contribution >= 0.6 is 0 Å². The molecule has 5 nitrogen and oxygen atoms in total. The monoisotopic (exact) mass is 310 g/mol. The molecule has 23 heavy (non-hydrogen) atoms. The molecule has 1 heterocycles. The fourth-order valence-corrected chi connectivity index (χ4v) is 2.62. The van der Waals surface area contributed by atoms with Crippen LogP contribution in [0.15, 0.2) is 42.6 Å². The van der Waals surface area contributed by atoms with Gasteiger partial charge in [0.25, 0.3) is 5.91 Å². The van der Waals surface area contributed by atoms with E-state index in [4.69, 9.17) is 9.47 Å². The van der Waals surface area contributed by atoms with E-state index in [1.165, 1.54) is 0 Å². The lowest BCUT2D eigenvalue weighted by molar-refractivity contribution is -0.110. The molecule has 0 fully saturated rings. The maximum Gasteiger partial charge on any atom is 0.257 e. The summed E-state index contributed by atoms with van der Waals surface area (Å²) >= 11 is 0. The molecule has 0 spiro atoms. The Bertz CT molecular complexity index is 775. The van der Waals surface area contributed by atoms with Gasteiger partial charge in [0.15, 0.2) is 0 Å². The zero-order chi connectivity index (χ0) is 16.4. The van der Waals surface area contributed by atoms with Crippen molar-refractivity contribution in [3.63, 3.8) is 0 Å². The lowest BCUT2D eigenvalue weighted by Gasteiger charge is -2.09. The van der Waals surface area contributed by atoms with Gasteiger partial charge >= 0.3 is 0 Å². The molecule has 0 unspecified atom stereocenters. The highest BCUT2D eigenvalue weighted by atomic mass is 16.5. The number of benzene rings is 2. The molecule has 0 aromatic heterocycles. The summed E-state index contributed by atoms with van der Waals surface area (Å²) < 4.78 is 10.5. The van der Waals surface area contributed by atoms with Crippen LogP contribution in [0.4, 0.5) is 11.4 Å². The van der Waals surface area contributed by atoms with E-state index in [0.29, 0.717) is 17.1 Å². The minimum Gasteiger partial charge on any atom is -0.497 e. The van der Waals surface area contributed by atoms with Crippen LogP contribution < -0.4 is 20.1 Å². The quantitative estimate of drug-likeness (QED) is 0.850. The number of anilines is 2. The van der Waals surface area contributed by atoms with Crippen molar-refractivity contribution in [3.05, 3.63) is 53.7 Å². The number of hydrogen-bond acceptors (Lipinski definition) is 4. The van der Waals surface area contributed by atoms with Gasteiger partial charge < -0.3 is 20.1 Å². The van der Waals surface area contributed by atoms with Gasteiger partial charge in [0, 0.05) is 41.3 Å². The van der Waals surface area contributed by atoms with Gasteiger partial charge in [0.2, 0.25) is 0 Å². The van der Waals surface area contributed by atoms with Crippen molar-refractivity contribution in [2.45, 2.75) is 6.92 Å². The number of rotatable bonds is 4. The maximum atomic E-state index is 12.2. The Kier molecular flexibility index (Phi) is 3.93. The number of amides is 1. The number of ether oxygens (including phenoxy) is 2. The molecule has 2 N–H and O–H groups in total. The van der Waals surface area contributed by atoms with Crippen molar-refractivity contribution in [1.29, 1.82) is 0 Å².